The van der Waals surface area contributed by atoms with Gasteiger partial charge in [-0.05, 0) is 45.7 Å². The van der Waals surface area contributed by atoms with Gasteiger partial charge in [0.15, 0.2) is 0 Å². The molecule has 2 rings (SSSR count). The first-order valence-corrected chi connectivity index (χ1v) is 11.0. The molecular formula is C21H30F3NOSi. The van der Waals surface area contributed by atoms with Crippen molar-refractivity contribution in [3.8, 4) is 0 Å². The highest BCUT2D eigenvalue weighted by atomic mass is 28.2. The van der Waals surface area contributed by atoms with Gasteiger partial charge in [0.2, 0.25) is 0 Å². The molecular weight excluding hydrogens is 367 g/mol. The van der Waals surface area contributed by atoms with Crippen LogP contribution in [0.15, 0.2) is 36.4 Å². The minimum Gasteiger partial charge on any atom is -0.373 e. The summed E-state index contributed by atoms with van der Waals surface area (Å²) in [6, 6.07) is 6.46. The molecule has 0 aromatic heterocycles. The van der Waals surface area contributed by atoms with Crippen LogP contribution in [0.25, 0.3) is 0 Å². The Labute approximate surface area is 163 Å². The third-order valence-electron chi connectivity index (χ3n) is 4.62. The van der Waals surface area contributed by atoms with Crippen molar-refractivity contribution in [2.75, 3.05) is 19.6 Å². The fourth-order valence-corrected chi connectivity index (χ4v) is 4.42. The first-order valence-electron chi connectivity index (χ1n) is 9.78. The van der Waals surface area contributed by atoms with E-state index < -0.39 is 11.7 Å². The van der Waals surface area contributed by atoms with Crippen LogP contribution < -0.4 is 5.19 Å². The van der Waals surface area contributed by atoms with Gasteiger partial charge >= 0.3 is 6.18 Å². The number of benzene rings is 1. The maximum Gasteiger partial charge on any atom is 0.416 e. The van der Waals surface area contributed by atoms with Gasteiger partial charge in [-0.1, -0.05) is 48.0 Å². The Morgan fingerprint density at radius 3 is 2.56 bits per heavy atom. The Morgan fingerprint density at radius 1 is 1.11 bits per heavy atom. The molecule has 1 aliphatic heterocycles. The van der Waals surface area contributed by atoms with Gasteiger partial charge in [-0.15, -0.1) is 0 Å². The maximum atomic E-state index is 12.7. The standard InChI is InChI=1S/C21H30F3NOSi/c1-17-15-25(16-18(2)26-17)12-7-5-3-4-6-8-13-27-20-11-9-10-19(14-20)21(22,23)24/h6,8-11,14,17-18H,3-5,7,12-13,15-16H2,1-2H3. The van der Waals surface area contributed by atoms with E-state index in [1.54, 1.807) is 6.07 Å². The molecule has 150 valence electrons. The van der Waals surface area contributed by atoms with Crippen LogP contribution in [0, 0.1) is 0 Å². The van der Waals surface area contributed by atoms with Crippen LogP contribution in [0.1, 0.15) is 45.1 Å². The lowest BCUT2D eigenvalue weighted by atomic mass is 10.1. The fraction of sp³-hybridized carbons (Fsp3) is 0.619. The molecule has 1 aromatic rings. The highest BCUT2D eigenvalue weighted by Gasteiger charge is 2.30. The zero-order chi connectivity index (χ0) is 19.7. The van der Waals surface area contributed by atoms with Gasteiger partial charge in [-0.2, -0.15) is 13.2 Å². The van der Waals surface area contributed by atoms with Gasteiger partial charge in [-0.25, -0.2) is 0 Å². The van der Waals surface area contributed by atoms with Gasteiger partial charge in [0.1, 0.15) is 0 Å². The summed E-state index contributed by atoms with van der Waals surface area (Å²) in [5, 5.41) is 0.767. The molecule has 1 saturated heterocycles. The number of hydrogen-bond donors (Lipinski definition) is 0. The van der Waals surface area contributed by atoms with Crippen LogP contribution in [0.2, 0.25) is 6.04 Å². The SMILES string of the molecule is CC1CN(CCCCCC=CC[Si]c2cccc(C(F)(F)F)c2)CC(C)O1. The van der Waals surface area contributed by atoms with E-state index in [9.17, 15) is 13.2 Å². The minimum absolute atomic E-state index is 0.328. The largest absolute Gasteiger partial charge is 0.416 e. The number of halogens is 3. The molecule has 2 radical (unpaired) electrons. The zero-order valence-electron chi connectivity index (χ0n) is 16.3. The summed E-state index contributed by atoms with van der Waals surface area (Å²) >= 11 is 0. The second-order valence-corrected chi connectivity index (χ2v) is 8.64. The molecule has 0 bridgehead atoms. The van der Waals surface area contributed by atoms with E-state index in [2.05, 4.69) is 30.9 Å². The Bertz CT molecular complexity index is 581. The molecule has 0 saturated carbocycles. The van der Waals surface area contributed by atoms with E-state index in [0.717, 1.165) is 43.4 Å². The molecule has 1 aromatic carbocycles. The molecule has 2 nitrogen and oxygen atoms in total. The van der Waals surface area contributed by atoms with Gasteiger partial charge in [0.25, 0.3) is 0 Å². The average Bonchev–Trinajstić information content (AvgIpc) is 2.59. The quantitative estimate of drug-likeness (QED) is 0.341. The second kappa shape index (κ2) is 11.0. The molecule has 27 heavy (non-hydrogen) atoms. The van der Waals surface area contributed by atoms with Crippen molar-refractivity contribution >= 4 is 14.7 Å². The van der Waals surface area contributed by atoms with Gasteiger partial charge in [-0.3, -0.25) is 4.90 Å². The summed E-state index contributed by atoms with van der Waals surface area (Å²) in [5.74, 6) is 0. The molecule has 0 amide bonds. The van der Waals surface area contributed by atoms with Crippen molar-refractivity contribution in [3.05, 3.63) is 42.0 Å². The van der Waals surface area contributed by atoms with Crippen molar-refractivity contribution in [1.82, 2.24) is 4.90 Å². The predicted molar refractivity (Wildman–Crippen MR) is 106 cm³/mol. The number of unbranched alkanes of at least 4 members (excludes halogenated alkanes) is 3. The number of allylic oxidation sites excluding steroid dienone is 2. The molecule has 0 spiro atoms. The second-order valence-electron chi connectivity index (χ2n) is 7.30. The highest BCUT2D eigenvalue weighted by Crippen LogP contribution is 2.28. The topological polar surface area (TPSA) is 12.5 Å². The normalized spacial score (nSPS) is 21.8. The number of hydrogen-bond acceptors (Lipinski definition) is 2. The van der Waals surface area contributed by atoms with Gasteiger partial charge in [0, 0.05) is 13.1 Å². The molecule has 0 aliphatic carbocycles. The smallest absolute Gasteiger partial charge is 0.373 e. The first kappa shape index (κ1) is 22.2. The Kier molecular flexibility index (Phi) is 9.06. The van der Waals surface area contributed by atoms with E-state index in [1.165, 1.54) is 31.4 Å². The number of ether oxygens (including phenoxy) is 1. The highest BCUT2D eigenvalue weighted by molar-refractivity contribution is 6.53. The van der Waals surface area contributed by atoms with Crippen LogP contribution in [-0.2, 0) is 10.9 Å². The molecule has 6 heteroatoms. The summed E-state index contributed by atoms with van der Waals surface area (Å²) in [5.41, 5.74) is -0.555. The third kappa shape index (κ3) is 8.62. The summed E-state index contributed by atoms with van der Waals surface area (Å²) in [7, 11) is 0.385. The Hall–Kier alpha value is -1.11. The van der Waals surface area contributed by atoms with Crippen LogP contribution in [0.4, 0.5) is 13.2 Å². The monoisotopic (exact) mass is 397 g/mol. The van der Waals surface area contributed by atoms with Crippen molar-refractivity contribution in [2.45, 2.75) is 64.0 Å². The summed E-state index contributed by atoms with van der Waals surface area (Å²) < 4.78 is 43.8. The van der Waals surface area contributed by atoms with Gasteiger partial charge in [0.05, 0.1) is 27.3 Å². The summed E-state index contributed by atoms with van der Waals surface area (Å²) in [6.07, 6.45) is 5.29. The number of morpholine rings is 1. The predicted octanol–water partition coefficient (Wildman–Crippen LogP) is 4.68. The maximum absolute atomic E-state index is 12.7. The Morgan fingerprint density at radius 2 is 1.85 bits per heavy atom. The zero-order valence-corrected chi connectivity index (χ0v) is 17.3. The van der Waals surface area contributed by atoms with E-state index >= 15 is 0 Å². The van der Waals surface area contributed by atoms with E-state index in [4.69, 9.17) is 4.74 Å². The van der Waals surface area contributed by atoms with Gasteiger partial charge < -0.3 is 4.74 Å². The lowest BCUT2D eigenvalue weighted by Crippen LogP contribution is -2.45. The molecule has 2 atom stereocenters. The number of alkyl halides is 3. The van der Waals surface area contributed by atoms with Crippen molar-refractivity contribution in [2.24, 2.45) is 0 Å². The first-order chi connectivity index (χ1) is 12.8. The Balaban J connectivity index is 1.54. The van der Waals surface area contributed by atoms with Crippen molar-refractivity contribution in [3.63, 3.8) is 0 Å². The van der Waals surface area contributed by atoms with E-state index in [0.29, 0.717) is 21.7 Å². The lowest BCUT2D eigenvalue weighted by molar-refractivity contribution is -0.137. The van der Waals surface area contributed by atoms with Crippen molar-refractivity contribution in [1.29, 1.82) is 0 Å². The van der Waals surface area contributed by atoms with E-state index in [-0.39, 0.29) is 0 Å². The van der Waals surface area contributed by atoms with Crippen LogP contribution in [-0.4, -0.2) is 46.3 Å². The average molecular weight is 398 g/mol. The summed E-state index contributed by atoms with van der Waals surface area (Å²) in [4.78, 5) is 2.49. The third-order valence-corrected chi connectivity index (χ3v) is 5.78. The molecule has 1 aliphatic rings. The molecule has 1 heterocycles. The van der Waals surface area contributed by atoms with E-state index in [1.807, 2.05) is 0 Å². The summed E-state index contributed by atoms with van der Waals surface area (Å²) in [6.45, 7) is 7.46. The van der Waals surface area contributed by atoms with Crippen molar-refractivity contribution < 1.29 is 17.9 Å². The molecule has 2 unspecified atom stereocenters. The molecule has 1 fully saturated rings. The lowest BCUT2D eigenvalue weighted by Gasteiger charge is -2.35. The van der Waals surface area contributed by atoms with Crippen LogP contribution in [0.3, 0.4) is 0 Å². The molecule has 0 N–H and O–H groups in total. The fourth-order valence-electron chi connectivity index (χ4n) is 3.42. The van der Waals surface area contributed by atoms with Crippen LogP contribution in [0.5, 0.6) is 0 Å². The number of nitrogens with zero attached hydrogens (tertiary/aromatic N) is 1. The van der Waals surface area contributed by atoms with Crippen LogP contribution >= 0.6 is 0 Å². The number of rotatable bonds is 9. The minimum atomic E-state index is -4.26.